The number of rotatable bonds is 13. The molecule has 0 aromatic heterocycles. The van der Waals surface area contributed by atoms with Gasteiger partial charge in [0, 0.05) is 19.8 Å². The van der Waals surface area contributed by atoms with Crippen LogP contribution >= 0.6 is 0 Å². The fourth-order valence-electron chi connectivity index (χ4n) is 1.97. The number of halogens is 15. The average molecular weight is 530 g/mol. The fraction of sp³-hybridized carbons (Fsp3) is 1.00. The van der Waals surface area contributed by atoms with E-state index in [1.54, 1.807) is 0 Å². The number of aliphatic hydroxyl groups excluding tert-OH is 1. The van der Waals surface area contributed by atoms with E-state index in [0.29, 0.717) is 6.92 Å². The van der Waals surface area contributed by atoms with E-state index in [0.717, 1.165) is 0 Å². The lowest BCUT2D eigenvalue weighted by Gasteiger charge is -2.35. The first kappa shape index (κ1) is 31.8. The molecular weight excluding hydrogens is 513 g/mol. The number of aliphatic hydroxyl groups is 1. The van der Waals surface area contributed by atoms with Crippen LogP contribution in [0, 0.1) is 0 Å². The molecule has 1 N–H and O–H groups in total. The molecule has 18 heteroatoms. The molecule has 0 aliphatic rings. The summed E-state index contributed by atoms with van der Waals surface area (Å²) in [5, 5.41) is 9.02. The van der Waals surface area contributed by atoms with Crippen molar-refractivity contribution in [3.8, 4) is 0 Å². The Kier molecular flexibility index (Phi) is 9.13. The molecule has 1 atom stereocenters. The van der Waals surface area contributed by atoms with Gasteiger partial charge in [-0.1, -0.05) is 0 Å². The molecule has 200 valence electrons. The van der Waals surface area contributed by atoms with Crippen molar-refractivity contribution in [2.24, 2.45) is 0 Å². The SMILES string of the molecule is CC(CO)(OCCC(F)(F)C(F)(F)C(C)(F)F)OCCC(F)(F)C(F)(F)C(F)(F)C(F)(F)F. The Labute approximate surface area is 175 Å². The van der Waals surface area contributed by atoms with Crippen LogP contribution in [0.2, 0.25) is 0 Å². The third kappa shape index (κ3) is 6.49. The Morgan fingerprint density at radius 1 is 0.545 bits per heavy atom. The number of ether oxygens (including phenoxy) is 2. The van der Waals surface area contributed by atoms with Gasteiger partial charge in [-0.05, 0) is 6.92 Å². The highest BCUT2D eigenvalue weighted by molar-refractivity contribution is 5.00. The molecule has 0 heterocycles. The summed E-state index contributed by atoms with van der Waals surface area (Å²) in [6.45, 7) is -4.90. The van der Waals surface area contributed by atoms with Crippen LogP contribution in [0.3, 0.4) is 0 Å². The molecule has 0 saturated heterocycles. The van der Waals surface area contributed by atoms with Crippen molar-refractivity contribution in [3.63, 3.8) is 0 Å². The lowest BCUT2D eigenvalue weighted by Crippen LogP contribution is -2.61. The molecule has 0 radical (unpaired) electrons. The normalized spacial score (nSPS) is 17.3. The average Bonchev–Trinajstić information content (AvgIpc) is 2.58. The van der Waals surface area contributed by atoms with Gasteiger partial charge in [0.15, 0.2) is 5.79 Å². The molecule has 0 rings (SSSR count). The van der Waals surface area contributed by atoms with Gasteiger partial charge in [-0.3, -0.25) is 0 Å². The summed E-state index contributed by atoms with van der Waals surface area (Å²) in [7, 11) is 0. The highest BCUT2D eigenvalue weighted by Gasteiger charge is 2.81. The van der Waals surface area contributed by atoms with E-state index in [4.69, 9.17) is 5.11 Å². The van der Waals surface area contributed by atoms with Gasteiger partial charge in [0.25, 0.3) is 0 Å². The number of alkyl halides is 15. The summed E-state index contributed by atoms with van der Waals surface area (Å²) in [5.74, 6) is -39.4. The Morgan fingerprint density at radius 2 is 0.879 bits per heavy atom. The topological polar surface area (TPSA) is 38.7 Å². The van der Waals surface area contributed by atoms with Gasteiger partial charge in [0.2, 0.25) is 0 Å². The molecule has 33 heavy (non-hydrogen) atoms. The minimum absolute atomic E-state index is 0.513. The molecule has 3 nitrogen and oxygen atoms in total. The predicted molar refractivity (Wildman–Crippen MR) is 78.0 cm³/mol. The Balaban J connectivity index is 5.17. The second-order valence-electron chi connectivity index (χ2n) is 7.01. The largest absolute Gasteiger partial charge is 0.460 e. The Hall–Kier alpha value is -1.17. The molecule has 0 aromatic carbocycles. The van der Waals surface area contributed by atoms with Crippen LogP contribution in [0.1, 0.15) is 26.7 Å². The van der Waals surface area contributed by atoms with Gasteiger partial charge < -0.3 is 14.6 Å². The lowest BCUT2D eigenvalue weighted by molar-refractivity contribution is -0.398. The molecular formula is C15H17F15O3. The first-order valence-electron chi connectivity index (χ1n) is 8.45. The second-order valence-corrected chi connectivity index (χ2v) is 7.01. The van der Waals surface area contributed by atoms with E-state index in [-0.39, 0.29) is 0 Å². The van der Waals surface area contributed by atoms with Gasteiger partial charge >= 0.3 is 41.7 Å². The van der Waals surface area contributed by atoms with Crippen molar-refractivity contribution in [1.82, 2.24) is 0 Å². The van der Waals surface area contributed by atoms with Gasteiger partial charge in [0.05, 0.1) is 19.8 Å². The van der Waals surface area contributed by atoms with Crippen LogP contribution in [-0.4, -0.2) is 72.4 Å². The fourth-order valence-corrected chi connectivity index (χ4v) is 1.97. The maximum atomic E-state index is 13.4. The minimum Gasteiger partial charge on any atom is -0.391 e. The van der Waals surface area contributed by atoms with Crippen LogP contribution in [0.25, 0.3) is 0 Å². The van der Waals surface area contributed by atoms with E-state index in [2.05, 4.69) is 9.47 Å². The summed E-state index contributed by atoms with van der Waals surface area (Å²) >= 11 is 0. The van der Waals surface area contributed by atoms with Crippen LogP contribution in [0.5, 0.6) is 0 Å². The Bertz CT molecular complexity index is 641. The number of hydrogen-bond donors (Lipinski definition) is 1. The summed E-state index contributed by atoms with van der Waals surface area (Å²) in [5.41, 5.74) is 0. The van der Waals surface area contributed by atoms with Crippen LogP contribution < -0.4 is 0 Å². The monoisotopic (exact) mass is 530 g/mol. The van der Waals surface area contributed by atoms with Gasteiger partial charge in [0.1, 0.15) is 0 Å². The highest BCUT2D eigenvalue weighted by atomic mass is 19.4. The van der Waals surface area contributed by atoms with Crippen molar-refractivity contribution in [3.05, 3.63) is 0 Å². The number of hydrogen-bond acceptors (Lipinski definition) is 3. The third-order valence-corrected chi connectivity index (χ3v) is 4.15. The highest BCUT2D eigenvalue weighted by Crippen LogP contribution is 2.54. The zero-order valence-corrected chi connectivity index (χ0v) is 16.5. The molecule has 0 aliphatic heterocycles. The van der Waals surface area contributed by atoms with Crippen LogP contribution in [0.15, 0.2) is 0 Å². The molecule has 0 amide bonds. The van der Waals surface area contributed by atoms with Crippen molar-refractivity contribution >= 4 is 0 Å². The summed E-state index contributed by atoms with van der Waals surface area (Å²) in [6.07, 6.45) is -11.7. The van der Waals surface area contributed by atoms with Crippen molar-refractivity contribution < 1.29 is 80.4 Å². The zero-order chi connectivity index (χ0) is 26.9. The summed E-state index contributed by atoms with van der Waals surface area (Å²) in [4.78, 5) is 0. The van der Waals surface area contributed by atoms with E-state index in [9.17, 15) is 65.9 Å². The van der Waals surface area contributed by atoms with Crippen LogP contribution in [0.4, 0.5) is 65.9 Å². The van der Waals surface area contributed by atoms with Crippen LogP contribution in [-0.2, 0) is 9.47 Å². The quantitative estimate of drug-likeness (QED) is 0.238. The van der Waals surface area contributed by atoms with E-state index < -0.39 is 87.1 Å². The molecule has 0 saturated carbocycles. The van der Waals surface area contributed by atoms with E-state index in [1.165, 1.54) is 0 Å². The second kappa shape index (κ2) is 9.47. The lowest BCUT2D eigenvalue weighted by atomic mass is 10.0. The Morgan fingerprint density at radius 3 is 1.15 bits per heavy atom. The van der Waals surface area contributed by atoms with Crippen molar-refractivity contribution in [1.29, 1.82) is 0 Å². The van der Waals surface area contributed by atoms with Gasteiger partial charge in [-0.15, -0.1) is 0 Å². The maximum Gasteiger partial charge on any atom is 0.460 e. The smallest absolute Gasteiger partial charge is 0.391 e. The summed E-state index contributed by atoms with van der Waals surface area (Å²) < 4.78 is 201. The van der Waals surface area contributed by atoms with E-state index >= 15 is 0 Å². The third-order valence-electron chi connectivity index (χ3n) is 4.15. The maximum absolute atomic E-state index is 13.4. The molecule has 0 aliphatic carbocycles. The molecule has 0 bridgehead atoms. The zero-order valence-electron chi connectivity index (χ0n) is 16.5. The first-order chi connectivity index (χ1) is 14.2. The minimum atomic E-state index is -7.17. The predicted octanol–water partition coefficient (Wildman–Crippen LogP) is 5.90. The molecule has 0 fully saturated rings. The first-order valence-corrected chi connectivity index (χ1v) is 8.45. The van der Waals surface area contributed by atoms with E-state index in [1.807, 2.05) is 0 Å². The van der Waals surface area contributed by atoms with Gasteiger partial charge in [-0.25, -0.2) is 0 Å². The molecule has 1 unspecified atom stereocenters. The standard InChI is InChI=1S/C15H17F15O3/c1-8(7-31,32-5-3-10(18,19)12(22,23)9(2,16)17)33-6-4-11(20,21)13(24,25)14(26,27)15(28,29)30/h31H,3-7H2,1-2H3. The summed E-state index contributed by atoms with van der Waals surface area (Å²) in [6, 6.07) is 0. The molecule has 0 spiro atoms. The molecule has 0 aromatic rings. The van der Waals surface area contributed by atoms with Crippen molar-refractivity contribution in [2.45, 2.75) is 74.2 Å². The van der Waals surface area contributed by atoms with Crippen molar-refractivity contribution in [2.75, 3.05) is 19.8 Å². The van der Waals surface area contributed by atoms with Gasteiger partial charge in [-0.2, -0.15) is 65.9 Å².